The smallest absolute Gasteiger partial charge is 0.462 e. The molecule has 0 aromatic heterocycles. The van der Waals surface area contributed by atoms with Crippen molar-refractivity contribution in [1.29, 1.82) is 0 Å². The van der Waals surface area contributed by atoms with Crippen LogP contribution in [0.15, 0.2) is 48.6 Å². The van der Waals surface area contributed by atoms with Crippen LogP contribution in [0.3, 0.4) is 0 Å². The topological polar surface area (TPSA) is 119 Å². The van der Waals surface area contributed by atoms with Crippen LogP contribution >= 0.6 is 7.82 Å². The molecule has 1 atom stereocenters. The molecule has 0 aliphatic carbocycles. The lowest BCUT2D eigenvalue weighted by molar-refractivity contribution is -0.161. The quantitative estimate of drug-likeness (QED) is 0.0280. The molecule has 0 saturated carbocycles. The van der Waals surface area contributed by atoms with E-state index < -0.39 is 32.5 Å². The summed E-state index contributed by atoms with van der Waals surface area (Å²) < 4.78 is 26.3. The number of esters is 2. The fraction of sp³-hybridized carbons (Fsp3) is 0.762. The van der Waals surface area contributed by atoms with Crippen molar-refractivity contribution < 1.29 is 37.9 Å². The van der Waals surface area contributed by atoms with Gasteiger partial charge in [0, 0.05) is 12.8 Å². The van der Waals surface area contributed by atoms with Crippen LogP contribution in [-0.4, -0.2) is 41.0 Å². The summed E-state index contributed by atoms with van der Waals surface area (Å²) in [6.45, 7) is 3.62. The first-order chi connectivity index (χ1) is 24.8. The van der Waals surface area contributed by atoms with Crippen molar-refractivity contribution in [3.8, 4) is 0 Å². The molecule has 0 unspecified atom stereocenters. The van der Waals surface area contributed by atoms with Gasteiger partial charge in [0.1, 0.15) is 6.61 Å². The van der Waals surface area contributed by atoms with Crippen LogP contribution in [0.5, 0.6) is 0 Å². The number of phosphoric acid groups is 1. The summed E-state index contributed by atoms with van der Waals surface area (Å²) in [6, 6.07) is 0. The van der Waals surface area contributed by atoms with Crippen molar-refractivity contribution in [2.45, 2.75) is 193 Å². The Kier molecular flexibility index (Phi) is 36.3. The van der Waals surface area contributed by atoms with Crippen molar-refractivity contribution in [1.82, 2.24) is 0 Å². The third-order valence-electron chi connectivity index (χ3n) is 8.60. The van der Waals surface area contributed by atoms with Crippen molar-refractivity contribution in [2.24, 2.45) is 0 Å². The van der Waals surface area contributed by atoms with Gasteiger partial charge >= 0.3 is 19.8 Å². The summed E-state index contributed by atoms with van der Waals surface area (Å²) in [5.41, 5.74) is 0. The lowest BCUT2D eigenvalue weighted by Crippen LogP contribution is -2.29. The minimum atomic E-state index is -4.77. The number of carbonyl (C=O) groups excluding carboxylic acids is 2. The highest BCUT2D eigenvalue weighted by atomic mass is 31.2. The van der Waals surface area contributed by atoms with Gasteiger partial charge in [0.05, 0.1) is 6.61 Å². The first-order valence-corrected chi connectivity index (χ1v) is 22.0. The Bertz CT molecular complexity index is 968. The van der Waals surface area contributed by atoms with Gasteiger partial charge in [0.15, 0.2) is 6.10 Å². The average molecular weight is 739 g/mol. The van der Waals surface area contributed by atoms with E-state index in [4.69, 9.17) is 19.3 Å². The third-order valence-corrected chi connectivity index (χ3v) is 9.09. The Morgan fingerprint density at radius 2 is 0.902 bits per heavy atom. The second-order valence-electron chi connectivity index (χ2n) is 13.6. The zero-order chi connectivity index (χ0) is 37.5. The first-order valence-electron chi connectivity index (χ1n) is 20.4. The molecule has 8 nitrogen and oxygen atoms in total. The van der Waals surface area contributed by atoms with Crippen molar-refractivity contribution in [3.63, 3.8) is 0 Å². The summed E-state index contributed by atoms with van der Waals surface area (Å²) in [5.74, 6) is -0.947. The van der Waals surface area contributed by atoms with Gasteiger partial charge in [0.25, 0.3) is 0 Å². The number of allylic oxidation sites excluding steroid dienone is 8. The van der Waals surface area contributed by atoms with E-state index in [2.05, 4.69) is 60.9 Å². The molecule has 0 amide bonds. The summed E-state index contributed by atoms with van der Waals surface area (Å²) in [4.78, 5) is 42.8. The van der Waals surface area contributed by atoms with Gasteiger partial charge in [-0.3, -0.25) is 14.1 Å². The molecule has 51 heavy (non-hydrogen) atoms. The van der Waals surface area contributed by atoms with E-state index in [1.807, 2.05) is 6.08 Å². The van der Waals surface area contributed by atoms with Gasteiger partial charge in [-0.05, 0) is 51.4 Å². The molecular formula is C42H75O8P. The van der Waals surface area contributed by atoms with Crippen LogP contribution in [0.2, 0.25) is 0 Å². The molecule has 9 heteroatoms. The number of ether oxygens (including phenoxy) is 2. The fourth-order valence-corrected chi connectivity index (χ4v) is 5.90. The molecule has 0 saturated heterocycles. The Morgan fingerprint density at radius 1 is 0.510 bits per heavy atom. The lowest BCUT2D eigenvalue weighted by Gasteiger charge is -2.18. The third kappa shape index (κ3) is 40.6. The highest BCUT2D eigenvalue weighted by molar-refractivity contribution is 7.46. The highest BCUT2D eigenvalue weighted by Crippen LogP contribution is 2.36. The van der Waals surface area contributed by atoms with Crippen LogP contribution in [0, 0.1) is 0 Å². The molecular weight excluding hydrogens is 663 g/mol. The monoisotopic (exact) mass is 739 g/mol. The summed E-state index contributed by atoms with van der Waals surface area (Å²) in [7, 11) is -4.77. The largest absolute Gasteiger partial charge is 0.469 e. The maximum atomic E-state index is 12.4. The number of unbranched alkanes of at least 4 members (excludes halogenated alkanes) is 19. The van der Waals surface area contributed by atoms with Crippen LogP contribution < -0.4 is 0 Å². The van der Waals surface area contributed by atoms with Gasteiger partial charge in [-0.1, -0.05) is 172 Å². The Labute approximate surface area is 312 Å². The van der Waals surface area contributed by atoms with Crippen LogP contribution in [0.1, 0.15) is 187 Å². The summed E-state index contributed by atoms with van der Waals surface area (Å²) in [5, 5.41) is 0. The molecule has 0 heterocycles. The molecule has 296 valence electrons. The molecule has 0 aromatic carbocycles. The Balaban J connectivity index is 4.02. The normalized spacial score (nSPS) is 12.9. The number of rotatable bonds is 37. The lowest BCUT2D eigenvalue weighted by atomic mass is 10.0. The number of carbonyl (C=O) groups is 2. The number of phosphoric ester groups is 1. The SMILES string of the molecule is CCCCC/C=C/C/C=C/C/C=C/C/C=C/CCCC(=O)O[C@H](COC(=O)CCCCCCCCCCCCCCCCCC)COP(=O)(O)O. The van der Waals surface area contributed by atoms with E-state index in [0.29, 0.717) is 12.8 Å². The average Bonchev–Trinajstić information content (AvgIpc) is 3.10. The minimum absolute atomic E-state index is 0.136. The molecule has 2 N–H and O–H groups in total. The molecule has 0 fully saturated rings. The van der Waals surface area contributed by atoms with E-state index in [-0.39, 0.29) is 19.4 Å². The molecule has 0 aromatic rings. The maximum absolute atomic E-state index is 12.4. The predicted octanol–water partition coefficient (Wildman–Crippen LogP) is 12.3. The van der Waals surface area contributed by atoms with Gasteiger partial charge in [-0.25, -0.2) is 4.57 Å². The van der Waals surface area contributed by atoms with E-state index in [0.717, 1.165) is 38.5 Å². The fourth-order valence-electron chi connectivity index (χ4n) is 5.54. The number of hydrogen-bond acceptors (Lipinski definition) is 6. The molecule has 0 bridgehead atoms. The van der Waals surface area contributed by atoms with Crippen molar-refractivity contribution in [2.75, 3.05) is 13.2 Å². The molecule has 0 radical (unpaired) electrons. The summed E-state index contributed by atoms with van der Waals surface area (Å²) >= 11 is 0. The highest BCUT2D eigenvalue weighted by Gasteiger charge is 2.22. The molecule has 0 spiro atoms. The molecule has 0 rings (SSSR count). The zero-order valence-electron chi connectivity index (χ0n) is 32.5. The maximum Gasteiger partial charge on any atom is 0.469 e. The van der Waals surface area contributed by atoms with Gasteiger partial charge in [-0.15, -0.1) is 0 Å². The van der Waals surface area contributed by atoms with Gasteiger partial charge in [-0.2, -0.15) is 0 Å². The first kappa shape index (κ1) is 49.0. The standard InChI is InChI=1S/C42H75O8P/c1-3-5-7-9-11-13-15-17-19-21-23-25-27-29-31-33-35-37-42(44)50-40(39-49-51(45,46)47)38-48-41(43)36-34-32-30-28-26-24-22-20-18-16-14-12-10-8-6-4-2/h11,13,17,19,23,25,29,31,40H,3-10,12,14-16,18,20-22,24,26-28,30,32-39H2,1-2H3,(H2,45,46,47)/b13-11+,19-17+,25-23+,31-29+/t40-/m1/s1. The second-order valence-corrected chi connectivity index (χ2v) is 14.9. The zero-order valence-corrected chi connectivity index (χ0v) is 33.4. The molecule has 0 aliphatic heterocycles. The van der Waals surface area contributed by atoms with E-state index in [1.165, 1.54) is 109 Å². The van der Waals surface area contributed by atoms with Crippen LogP contribution in [0.4, 0.5) is 0 Å². The van der Waals surface area contributed by atoms with Gasteiger partial charge < -0.3 is 19.3 Å². The van der Waals surface area contributed by atoms with E-state index in [9.17, 15) is 14.2 Å². The second kappa shape index (κ2) is 37.8. The van der Waals surface area contributed by atoms with E-state index >= 15 is 0 Å². The van der Waals surface area contributed by atoms with E-state index in [1.54, 1.807) is 0 Å². The summed E-state index contributed by atoms with van der Waals surface area (Å²) in [6.07, 6.45) is 45.5. The van der Waals surface area contributed by atoms with Gasteiger partial charge in [0.2, 0.25) is 0 Å². The Hall–Kier alpha value is -1.99. The molecule has 0 aliphatic rings. The Morgan fingerprint density at radius 3 is 1.37 bits per heavy atom. The minimum Gasteiger partial charge on any atom is -0.462 e. The van der Waals surface area contributed by atoms with Crippen molar-refractivity contribution >= 4 is 19.8 Å². The number of hydrogen-bond donors (Lipinski definition) is 2. The van der Waals surface area contributed by atoms with Crippen molar-refractivity contribution in [3.05, 3.63) is 48.6 Å². The van der Waals surface area contributed by atoms with Crippen LogP contribution in [-0.2, 0) is 28.2 Å². The van der Waals surface area contributed by atoms with Crippen LogP contribution in [0.25, 0.3) is 0 Å². The predicted molar refractivity (Wildman–Crippen MR) is 211 cm³/mol.